The number of nitrogens with zero attached hydrogens (tertiary/aromatic N) is 1. The Balaban J connectivity index is 4.30. The van der Waals surface area contributed by atoms with Crippen molar-refractivity contribution in [3.05, 3.63) is 12.2 Å². The standard InChI is InChI=1S/C46H95NO5Si/c1-5-7-9-11-13-15-17-19-20-21-23-25-27-29-32-36-44-50-46(38-34-30-28-26-24-22-18-16-14-12-10-8-6-2)52-53(3,4)51-45-37-33-31-35-39-47(40-42-48)41-43-49/h19-20,46,48-49H,5-18,21-45H2,1-4H3/b20-19-. The van der Waals surface area contributed by atoms with E-state index in [-0.39, 0.29) is 19.5 Å². The van der Waals surface area contributed by atoms with Crippen LogP contribution >= 0.6 is 0 Å². The molecule has 0 aliphatic carbocycles. The van der Waals surface area contributed by atoms with Gasteiger partial charge in [0, 0.05) is 26.3 Å². The number of aliphatic hydroxyl groups excluding tert-OH is 2. The molecule has 53 heavy (non-hydrogen) atoms. The van der Waals surface area contributed by atoms with Gasteiger partial charge in [-0.2, -0.15) is 0 Å². The van der Waals surface area contributed by atoms with Gasteiger partial charge in [0.1, 0.15) is 6.29 Å². The van der Waals surface area contributed by atoms with Crippen LogP contribution in [0.5, 0.6) is 0 Å². The Kier molecular flexibility index (Phi) is 42.6. The van der Waals surface area contributed by atoms with E-state index < -0.39 is 8.56 Å². The van der Waals surface area contributed by atoms with Gasteiger partial charge >= 0.3 is 8.56 Å². The first-order chi connectivity index (χ1) is 26.0. The predicted octanol–water partition coefficient (Wildman–Crippen LogP) is 13.4. The highest BCUT2D eigenvalue weighted by Crippen LogP contribution is 2.20. The second-order valence-electron chi connectivity index (χ2n) is 16.3. The lowest BCUT2D eigenvalue weighted by atomic mass is 10.0. The molecule has 0 aromatic carbocycles. The summed E-state index contributed by atoms with van der Waals surface area (Å²) in [5, 5.41) is 18.4. The van der Waals surface area contributed by atoms with Crippen LogP contribution < -0.4 is 0 Å². The van der Waals surface area contributed by atoms with E-state index in [9.17, 15) is 10.2 Å². The lowest BCUT2D eigenvalue weighted by molar-refractivity contribution is -0.104. The van der Waals surface area contributed by atoms with Gasteiger partial charge in [-0.3, -0.25) is 4.90 Å². The lowest BCUT2D eigenvalue weighted by Gasteiger charge is -2.29. The number of hydrogen-bond donors (Lipinski definition) is 2. The van der Waals surface area contributed by atoms with Crippen molar-refractivity contribution in [1.82, 2.24) is 4.90 Å². The molecule has 0 amide bonds. The molecular formula is C46H95NO5Si. The van der Waals surface area contributed by atoms with Gasteiger partial charge in [0.2, 0.25) is 0 Å². The lowest BCUT2D eigenvalue weighted by Crippen LogP contribution is -2.40. The molecule has 0 spiro atoms. The molecule has 6 nitrogen and oxygen atoms in total. The molecule has 1 unspecified atom stereocenters. The summed E-state index contributed by atoms with van der Waals surface area (Å²) in [5.74, 6) is 0. The molecule has 0 radical (unpaired) electrons. The molecule has 318 valence electrons. The van der Waals surface area contributed by atoms with E-state index in [1.54, 1.807) is 0 Å². The minimum Gasteiger partial charge on any atom is -0.395 e. The van der Waals surface area contributed by atoms with Crippen LogP contribution in [0.3, 0.4) is 0 Å². The number of allylic oxidation sites excluding steroid dienone is 2. The molecule has 0 aromatic heterocycles. The van der Waals surface area contributed by atoms with Crippen molar-refractivity contribution in [3.63, 3.8) is 0 Å². The second kappa shape index (κ2) is 42.9. The molecule has 0 aromatic rings. The van der Waals surface area contributed by atoms with Gasteiger partial charge in [0.05, 0.1) is 13.2 Å². The fourth-order valence-corrected chi connectivity index (χ4v) is 8.67. The maximum atomic E-state index is 9.21. The Bertz CT molecular complexity index is 718. The molecule has 1 atom stereocenters. The van der Waals surface area contributed by atoms with Crippen LogP contribution in [0.15, 0.2) is 12.2 Å². The van der Waals surface area contributed by atoms with E-state index >= 15 is 0 Å². The van der Waals surface area contributed by atoms with Crippen molar-refractivity contribution >= 4 is 8.56 Å². The molecule has 7 heteroatoms. The van der Waals surface area contributed by atoms with Gasteiger partial charge in [-0.05, 0) is 77.4 Å². The maximum absolute atomic E-state index is 9.21. The van der Waals surface area contributed by atoms with Gasteiger partial charge in [-0.1, -0.05) is 174 Å². The van der Waals surface area contributed by atoms with Crippen molar-refractivity contribution in [1.29, 1.82) is 0 Å². The summed E-state index contributed by atoms with van der Waals surface area (Å²) in [6.07, 6.45) is 46.4. The third kappa shape index (κ3) is 41.2. The Morgan fingerprint density at radius 3 is 1.34 bits per heavy atom. The number of unbranched alkanes of at least 4 members (excludes halogenated alkanes) is 27. The minimum atomic E-state index is -2.29. The van der Waals surface area contributed by atoms with E-state index in [4.69, 9.17) is 13.6 Å². The van der Waals surface area contributed by atoms with Gasteiger partial charge in [0.15, 0.2) is 0 Å². The summed E-state index contributed by atoms with van der Waals surface area (Å²) in [6.45, 7) is 13.0. The van der Waals surface area contributed by atoms with Gasteiger partial charge < -0.3 is 23.8 Å². The summed E-state index contributed by atoms with van der Waals surface area (Å²) < 4.78 is 19.4. The summed E-state index contributed by atoms with van der Waals surface area (Å²) >= 11 is 0. The Morgan fingerprint density at radius 1 is 0.472 bits per heavy atom. The minimum absolute atomic E-state index is 0.142. The van der Waals surface area contributed by atoms with Crippen molar-refractivity contribution in [3.8, 4) is 0 Å². The number of aliphatic hydroxyl groups is 2. The van der Waals surface area contributed by atoms with E-state index in [1.165, 1.54) is 167 Å². The zero-order valence-corrected chi connectivity index (χ0v) is 37.4. The van der Waals surface area contributed by atoms with Crippen molar-refractivity contribution in [2.45, 2.75) is 239 Å². The Labute approximate surface area is 333 Å². The van der Waals surface area contributed by atoms with Crippen LogP contribution in [0.2, 0.25) is 13.1 Å². The molecule has 0 bridgehead atoms. The maximum Gasteiger partial charge on any atom is 0.333 e. The summed E-state index contributed by atoms with van der Waals surface area (Å²) in [6, 6.07) is 0. The third-order valence-electron chi connectivity index (χ3n) is 10.6. The predicted molar refractivity (Wildman–Crippen MR) is 233 cm³/mol. The highest BCUT2D eigenvalue weighted by Gasteiger charge is 2.29. The van der Waals surface area contributed by atoms with Crippen LogP contribution in [-0.2, 0) is 13.6 Å². The third-order valence-corrected chi connectivity index (χ3v) is 12.3. The van der Waals surface area contributed by atoms with Crippen molar-refractivity contribution in [2.75, 3.05) is 46.1 Å². The number of rotatable bonds is 45. The van der Waals surface area contributed by atoms with Crippen LogP contribution in [0.1, 0.15) is 219 Å². The van der Waals surface area contributed by atoms with Crippen LogP contribution in [0.4, 0.5) is 0 Å². The zero-order chi connectivity index (χ0) is 38.8. The molecule has 2 N–H and O–H groups in total. The van der Waals surface area contributed by atoms with Gasteiger partial charge in [-0.25, -0.2) is 0 Å². The van der Waals surface area contributed by atoms with E-state index in [0.29, 0.717) is 13.1 Å². The number of ether oxygens (including phenoxy) is 1. The van der Waals surface area contributed by atoms with Gasteiger partial charge in [0.25, 0.3) is 0 Å². The zero-order valence-electron chi connectivity index (χ0n) is 36.4. The quantitative estimate of drug-likeness (QED) is 0.0278. The van der Waals surface area contributed by atoms with Crippen LogP contribution in [0.25, 0.3) is 0 Å². The molecule has 0 saturated heterocycles. The largest absolute Gasteiger partial charge is 0.395 e. The molecule has 0 aliphatic rings. The highest BCUT2D eigenvalue weighted by molar-refractivity contribution is 6.64. The molecule has 0 aliphatic heterocycles. The van der Waals surface area contributed by atoms with Crippen LogP contribution in [0, 0.1) is 0 Å². The average molecular weight is 770 g/mol. The Hall–Kier alpha value is -0.283. The first-order valence-electron chi connectivity index (χ1n) is 23.5. The molecule has 0 saturated carbocycles. The smallest absolute Gasteiger partial charge is 0.333 e. The SMILES string of the molecule is CCCCCCCC/C=C\CCCCCCCCOC(CCCCCCCCCCCCCCC)O[Si](C)(C)OCCCCCCN(CCO)CCO. The molecule has 0 heterocycles. The highest BCUT2D eigenvalue weighted by atomic mass is 28.4. The second-order valence-corrected chi connectivity index (χ2v) is 19.7. The average Bonchev–Trinajstić information content (AvgIpc) is 3.14. The van der Waals surface area contributed by atoms with E-state index in [1.807, 2.05) is 0 Å². The molecular weight excluding hydrogens is 675 g/mol. The topological polar surface area (TPSA) is 71.4 Å². The van der Waals surface area contributed by atoms with E-state index in [0.717, 1.165) is 58.3 Å². The van der Waals surface area contributed by atoms with Gasteiger partial charge in [-0.15, -0.1) is 0 Å². The Morgan fingerprint density at radius 2 is 0.868 bits per heavy atom. The number of hydrogen-bond acceptors (Lipinski definition) is 6. The molecule has 0 rings (SSSR count). The van der Waals surface area contributed by atoms with Crippen molar-refractivity contribution in [2.24, 2.45) is 0 Å². The monoisotopic (exact) mass is 770 g/mol. The normalized spacial score (nSPS) is 12.9. The first kappa shape index (κ1) is 52.7. The summed E-state index contributed by atoms with van der Waals surface area (Å²) in [7, 11) is -2.29. The fraction of sp³-hybridized carbons (Fsp3) is 0.957. The van der Waals surface area contributed by atoms with E-state index in [2.05, 4.69) is 44.0 Å². The first-order valence-corrected chi connectivity index (χ1v) is 26.3. The summed E-state index contributed by atoms with van der Waals surface area (Å²) in [4.78, 5) is 2.13. The summed E-state index contributed by atoms with van der Waals surface area (Å²) in [5.41, 5.74) is 0. The fourth-order valence-electron chi connectivity index (χ4n) is 7.15. The van der Waals surface area contributed by atoms with Crippen molar-refractivity contribution < 1.29 is 23.8 Å². The van der Waals surface area contributed by atoms with Crippen LogP contribution in [-0.4, -0.2) is 76.0 Å². The molecule has 0 fully saturated rings.